The van der Waals surface area contributed by atoms with Crippen LogP contribution in [0.15, 0.2) is 106 Å². The van der Waals surface area contributed by atoms with Gasteiger partial charge in [-0.25, -0.2) is 25.3 Å². The molecule has 0 radical (unpaired) electrons. The summed E-state index contributed by atoms with van der Waals surface area (Å²) in [6.45, 7) is 0. The molecule has 0 unspecified atom stereocenters. The second-order valence-corrected chi connectivity index (χ2v) is 9.44. The van der Waals surface area contributed by atoms with E-state index < -0.39 is 30.4 Å². The van der Waals surface area contributed by atoms with Gasteiger partial charge in [0, 0.05) is 0 Å². The summed E-state index contributed by atoms with van der Waals surface area (Å²) in [7, 11) is -12.8. The average molecular weight is 597 g/mol. The van der Waals surface area contributed by atoms with Gasteiger partial charge in [-0.3, -0.25) is 0 Å². The van der Waals surface area contributed by atoms with Gasteiger partial charge in [-0.05, 0) is 36.4 Å². The van der Waals surface area contributed by atoms with E-state index in [0.717, 1.165) is 0 Å². The van der Waals surface area contributed by atoms with Crippen LogP contribution >= 0.6 is 0 Å². The minimum Gasteiger partial charge on any atom is -0.744 e. The summed E-state index contributed by atoms with van der Waals surface area (Å²) in [4.78, 5) is -0.556. The van der Waals surface area contributed by atoms with Gasteiger partial charge in [-0.1, -0.05) is 54.6 Å². The quantitative estimate of drug-likeness (QED) is 0.311. The van der Waals surface area contributed by atoms with Crippen molar-refractivity contribution in [3.63, 3.8) is 0 Å². The van der Waals surface area contributed by atoms with Crippen molar-refractivity contribution in [3.8, 4) is 0 Å². The van der Waals surface area contributed by atoms with Crippen LogP contribution in [0.4, 0.5) is 0 Å². The van der Waals surface area contributed by atoms with E-state index in [1.165, 1.54) is 72.8 Å². The van der Waals surface area contributed by atoms with Gasteiger partial charge in [0.15, 0.2) is 0 Å². The van der Waals surface area contributed by atoms with Crippen LogP contribution in [0.3, 0.4) is 0 Å². The van der Waals surface area contributed by atoms with Crippen molar-refractivity contribution in [1.29, 1.82) is 0 Å². The van der Waals surface area contributed by atoms with Gasteiger partial charge in [-0.2, -0.15) is 0 Å². The molecule has 0 spiro atoms. The Morgan fingerprint density at radius 3 is 0.656 bits per heavy atom. The van der Waals surface area contributed by atoms with Gasteiger partial charge in [0.1, 0.15) is 30.4 Å². The molecule has 0 aliphatic heterocycles. The van der Waals surface area contributed by atoms with E-state index >= 15 is 0 Å². The van der Waals surface area contributed by atoms with Crippen LogP contribution in [0.2, 0.25) is 0 Å². The standard InChI is InChI=1S/3C6H6O3S.Ag.H2O/c3*7-10(8,9)6-4-2-1-3-5-6;;/h3*1-5H,(H,7,8,9);;1H2/q;;;+3;/p-3. The Balaban J connectivity index is 0. The summed E-state index contributed by atoms with van der Waals surface area (Å²) in [5.74, 6) is 0. The molecular weight excluding hydrogens is 580 g/mol. The largest absolute Gasteiger partial charge is 3.00 e. The van der Waals surface area contributed by atoms with Crippen LogP contribution in [-0.4, -0.2) is 44.4 Å². The first kappa shape index (κ1) is 32.3. The second-order valence-electron chi connectivity index (χ2n) is 5.30. The second kappa shape index (κ2) is 14.3. The van der Waals surface area contributed by atoms with E-state index in [-0.39, 0.29) is 42.5 Å². The summed E-state index contributed by atoms with van der Waals surface area (Å²) in [6, 6.07) is 21.6. The predicted molar refractivity (Wildman–Crippen MR) is 107 cm³/mol. The van der Waals surface area contributed by atoms with Crippen LogP contribution in [0.5, 0.6) is 0 Å². The van der Waals surface area contributed by atoms with E-state index in [0.29, 0.717) is 0 Å². The number of rotatable bonds is 3. The zero-order chi connectivity index (χ0) is 22.8. The summed E-state index contributed by atoms with van der Waals surface area (Å²) >= 11 is 0. The van der Waals surface area contributed by atoms with Gasteiger partial charge in [-0.15, -0.1) is 0 Å². The topological polar surface area (TPSA) is 203 Å². The molecule has 0 aliphatic rings. The number of benzene rings is 3. The van der Waals surface area contributed by atoms with Crippen molar-refractivity contribution in [2.24, 2.45) is 0 Å². The summed E-state index contributed by atoms with van der Waals surface area (Å²) in [6.07, 6.45) is 0. The zero-order valence-electron chi connectivity index (χ0n) is 15.9. The molecule has 178 valence electrons. The molecule has 0 amide bonds. The average Bonchev–Trinajstić information content (AvgIpc) is 2.69. The fourth-order valence-electron chi connectivity index (χ4n) is 1.76. The number of hydrogen-bond donors (Lipinski definition) is 0. The maximum absolute atomic E-state index is 10.3. The third-order valence-corrected chi connectivity index (χ3v) is 5.64. The van der Waals surface area contributed by atoms with Crippen molar-refractivity contribution in [3.05, 3.63) is 91.0 Å². The molecule has 0 atom stereocenters. The number of hydrogen-bond acceptors (Lipinski definition) is 9. The van der Waals surface area contributed by atoms with Gasteiger partial charge < -0.3 is 19.1 Å². The van der Waals surface area contributed by atoms with Crippen molar-refractivity contribution in [2.75, 3.05) is 0 Å². The minimum absolute atomic E-state index is 0. The smallest absolute Gasteiger partial charge is 0.744 e. The van der Waals surface area contributed by atoms with Crippen LogP contribution < -0.4 is 0 Å². The maximum atomic E-state index is 10.3. The third kappa shape index (κ3) is 12.8. The molecule has 0 saturated heterocycles. The summed E-state index contributed by atoms with van der Waals surface area (Å²) in [5, 5.41) is 0. The molecule has 3 aromatic rings. The molecule has 0 heterocycles. The predicted octanol–water partition coefficient (Wildman–Crippen LogP) is 0.945. The minimum atomic E-state index is -4.25. The first-order valence-electron chi connectivity index (χ1n) is 7.84. The molecule has 14 heteroatoms. The monoisotopic (exact) mass is 596 g/mol. The van der Waals surface area contributed by atoms with Gasteiger partial charge in [0.05, 0.1) is 14.7 Å². The van der Waals surface area contributed by atoms with Crippen molar-refractivity contribution < 1.29 is 66.8 Å². The van der Waals surface area contributed by atoms with Crippen molar-refractivity contribution in [2.45, 2.75) is 14.7 Å². The first-order chi connectivity index (χ1) is 13.8. The Morgan fingerprint density at radius 1 is 0.406 bits per heavy atom. The fraction of sp³-hybridized carbons (Fsp3) is 0. The molecule has 3 aromatic carbocycles. The zero-order valence-corrected chi connectivity index (χ0v) is 19.8. The normalized spacial score (nSPS) is 10.6. The third-order valence-electron chi connectivity index (χ3n) is 3.10. The van der Waals surface area contributed by atoms with Crippen LogP contribution in [0, 0.1) is 0 Å². The molecule has 0 saturated carbocycles. The van der Waals surface area contributed by atoms with E-state index in [2.05, 4.69) is 0 Å². The maximum Gasteiger partial charge on any atom is 3.00 e. The van der Waals surface area contributed by atoms with Crippen molar-refractivity contribution >= 4 is 30.4 Å². The molecule has 0 bridgehead atoms. The molecule has 0 fully saturated rings. The van der Waals surface area contributed by atoms with E-state index in [9.17, 15) is 38.9 Å². The molecule has 3 rings (SSSR count). The van der Waals surface area contributed by atoms with Crippen molar-refractivity contribution in [1.82, 2.24) is 0 Å². The van der Waals surface area contributed by atoms with Gasteiger partial charge in [0.25, 0.3) is 0 Å². The van der Waals surface area contributed by atoms with Crippen LogP contribution in [0.1, 0.15) is 0 Å². The van der Waals surface area contributed by atoms with E-state index in [1.807, 2.05) is 0 Å². The molecule has 32 heavy (non-hydrogen) atoms. The molecule has 0 aliphatic carbocycles. The van der Waals surface area contributed by atoms with E-state index in [4.69, 9.17) is 0 Å². The molecule has 2 N–H and O–H groups in total. The Kier molecular flexibility index (Phi) is 14.4. The van der Waals surface area contributed by atoms with Crippen LogP contribution in [-0.2, 0) is 52.7 Å². The Bertz CT molecular complexity index is 1070. The van der Waals surface area contributed by atoms with Gasteiger partial charge in [0.2, 0.25) is 0 Å². The molecule has 0 aromatic heterocycles. The van der Waals surface area contributed by atoms with Crippen LogP contribution in [0.25, 0.3) is 0 Å². The Labute approximate surface area is 202 Å². The summed E-state index contributed by atoms with van der Waals surface area (Å²) in [5.41, 5.74) is 0. The summed E-state index contributed by atoms with van der Waals surface area (Å²) < 4.78 is 92.5. The Morgan fingerprint density at radius 2 is 0.562 bits per heavy atom. The fourth-order valence-corrected chi connectivity index (χ4v) is 3.23. The Hall–Kier alpha value is -1.91. The first-order valence-corrected chi connectivity index (χ1v) is 12.1. The van der Waals surface area contributed by atoms with Gasteiger partial charge >= 0.3 is 22.4 Å². The molecule has 10 nitrogen and oxygen atoms in total. The SMILES string of the molecule is O.O=S(=O)([O-])c1ccccc1.O=S(=O)([O-])c1ccccc1.O=S(=O)([O-])c1ccccc1.[Ag+3]. The molecular formula is C18H17AgO10S3. The van der Waals surface area contributed by atoms with E-state index in [1.54, 1.807) is 18.2 Å².